The van der Waals surface area contributed by atoms with Crippen LogP contribution in [0.3, 0.4) is 0 Å². The van der Waals surface area contributed by atoms with Gasteiger partial charge in [-0.2, -0.15) is 4.98 Å². The van der Waals surface area contributed by atoms with Gasteiger partial charge in [0, 0.05) is 12.5 Å². The molecule has 0 saturated heterocycles. The molecular formula is C14H17N3O. The van der Waals surface area contributed by atoms with Gasteiger partial charge < -0.3 is 10.5 Å². The molecule has 0 atom stereocenters. The summed E-state index contributed by atoms with van der Waals surface area (Å²) in [4.78, 5) is 8.52. The number of benzene rings is 1. The zero-order valence-electron chi connectivity index (χ0n) is 10.7. The van der Waals surface area contributed by atoms with Crippen molar-refractivity contribution in [3.63, 3.8) is 0 Å². The summed E-state index contributed by atoms with van der Waals surface area (Å²) in [6.45, 7) is 4.07. The standard InChI is InChI=1S/C14H17N3O/c1-3-6-13-16-12(15)9-14(17-13)18-11-8-5-4-7-10(11)2/h4-5,7-9H,3,6H2,1-2H3,(H2,15,16,17). The molecule has 0 fully saturated rings. The van der Waals surface area contributed by atoms with Crippen LogP contribution in [-0.4, -0.2) is 9.97 Å². The second-order valence-corrected chi connectivity index (χ2v) is 4.16. The second-order valence-electron chi connectivity index (χ2n) is 4.16. The summed E-state index contributed by atoms with van der Waals surface area (Å²) >= 11 is 0. The molecule has 0 saturated carbocycles. The maximum absolute atomic E-state index is 5.75. The highest BCUT2D eigenvalue weighted by atomic mass is 16.5. The van der Waals surface area contributed by atoms with E-state index in [9.17, 15) is 0 Å². The molecule has 4 nitrogen and oxygen atoms in total. The molecular weight excluding hydrogens is 226 g/mol. The zero-order valence-corrected chi connectivity index (χ0v) is 10.7. The predicted molar refractivity (Wildman–Crippen MR) is 71.7 cm³/mol. The number of aryl methyl sites for hydroxylation is 2. The van der Waals surface area contributed by atoms with E-state index in [-0.39, 0.29) is 0 Å². The van der Waals surface area contributed by atoms with Crippen LogP contribution in [0.2, 0.25) is 0 Å². The Bertz CT molecular complexity index is 540. The lowest BCUT2D eigenvalue weighted by molar-refractivity contribution is 0.455. The van der Waals surface area contributed by atoms with Crippen molar-refractivity contribution in [2.24, 2.45) is 0 Å². The van der Waals surface area contributed by atoms with Crippen LogP contribution < -0.4 is 10.5 Å². The molecule has 0 spiro atoms. The molecule has 2 rings (SSSR count). The monoisotopic (exact) mass is 243 g/mol. The smallest absolute Gasteiger partial charge is 0.224 e. The Balaban J connectivity index is 2.26. The van der Waals surface area contributed by atoms with Crippen molar-refractivity contribution in [2.45, 2.75) is 26.7 Å². The number of para-hydroxylation sites is 1. The third-order valence-electron chi connectivity index (χ3n) is 2.55. The van der Waals surface area contributed by atoms with Crippen LogP contribution >= 0.6 is 0 Å². The van der Waals surface area contributed by atoms with E-state index in [1.54, 1.807) is 6.07 Å². The van der Waals surface area contributed by atoms with Gasteiger partial charge in [-0.25, -0.2) is 4.98 Å². The SMILES string of the molecule is CCCc1nc(N)cc(Oc2ccccc2C)n1. The molecule has 18 heavy (non-hydrogen) atoms. The van der Waals surface area contributed by atoms with Crippen molar-refractivity contribution in [3.05, 3.63) is 41.7 Å². The van der Waals surface area contributed by atoms with E-state index in [2.05, 4.69) is 16.9 Å². The molecule has 4 heteroatoms. The lowest BCUT2D eigenvalue weighted by Crippen LogP contribution is -2.01. The number of hydrogen-bond donors (Lipinski definition) is 1. The van der Waals surface area contributed by atoms with Gasteiger partial charge in [-0.05, 0) is 25.0 Å². The third kappa shape index (κ3) is 2.97. The molecule has 0 aliphatic rings. The molecule has 1 aromatic heterocycles. The summed E-state index contributed by atoms with van der Waals surface area (Å²) in [6.07, 6.45) is 1.78. The quantitative estimate of drug-likeness (QED) is 0.896. The van der Waals surface area contributed by atoms with Gasteiger partial charge in [-0.15, -0.1) is 0 Å². The minimum absolute atomic E-state index is 0.442. The van der Waals surface area contributed by atoms with Gasteiger partial charge in [0.2, 0.25) is 5.88 Å². The van der Waals surface area contributed by atoms with Gasteiger partial charge in [0.1, 0.15) is 17.4 Å². The van der Waals surface area contributed by atoms with Gasteiger partial charge in [-0.1, -0.05) is 25.1 Å². The highest BCUT2D eigenvalue weighted by Gasteiger charge is 2.05. The third-order valence-corrected chi connectivity index (χ3v) is 2.55. The first-order chi connectivity index (χ1) is 8.69. The minimum Gasteiger partial charge on any atom is -0.439 e. The van der Waals surface area contributed by atoms with E-state index in [4.69, 9.17) is 10.5 Å². The number of hydrogen-bond acceptors (Lipinski definition) is 4. The van der Waals surface area contributed by atoms with Gasteiger partial charge >= 0.3 is 0 Å². The maximum atomic E-state index is 5.75. The molecule has 0 unspecified atom stereocenters. The normalized spacial score (nSPS) is 10.3. The van der Waals surface area contributed by atoms with Crippen molar-refractivity contribution >= 4 is 5.82 Å². The van der Waals surface area contributed by atoms with E-state index in [1.807, 2.05) is 31.2 Å². The van der Waals surface area contributed by atoms with E-state index in [1.165, 1.54) is 0 Å². The van der Waals surface area contributed by atoms with Gasteiger partial charge in [0.25, 0.3) is 0 Å². The predicted octanol–water partition coefficient (Wildman–Crippen LogP) is 3.11. The van der Waals surface area contributed by atoms with Gasteiger partial charge in [0.05, 0.1) is 0 Å². The molecule has 2 N–H and O–H groups in total. The maximum Gasteiger partial charge on any atom is 0.224 e. The first-order valence-electron chi connectivity index (χ1n) is 6.06. The molecule has 0 bridgehead atoms. The van der Waals surface area contributed by atoms with Crippen molar-refractivity contribution in [1.82, 2.24) is 9.97 Å². The Labute approximate surface area is 107 Å². The molecule has 1 heterocycles. The van der Waals surface area contributed by atoms with E-state index < -0.39 is 0 Å². The number of rotatable bonds is 4. The Kier molecular flexibility index (Phi) is 3.77. The Morgan fingerprint density at radius 2 is 2.00 bits per heavy atom. The van der Waals surface area contributed by atoms with Crippen LogP contribution in [0.4, 0.5) is 5.82 Å². The summed E-state index contributed by atoms with van der Waals surface area (Å²) in [5, 5.41) is 0. The summed E-state index contributed by atoms with van der Waals surface area (Å²) < 4.78 is 5.75. The van der Waals surface area contributed by atoms with Crippen LogP contribution in [0.15, 0.2) is 30.3 Å². The second kappa shape index (κ2) is 5.49. The largest absolute Gasteiger partial charge is 0.439 e. The highest BCUT2D eigenvalue weighted by molar-refractivity contribution is 5.38. The first kappa shape index (κ1) is 12.4. The molecule has 0 aliphatic carbocycles. The van der Waals surface area contributed by atoms with Crippen LogP contribution in [0.1, 0.15) is 24.7 Å². The van der Waals surface area contributed by atoms with Crippen LogP contribution in [0, 0.1) is 6.92 Å². The van der Waals surface area contributed by atoms with E-state index in [0.717, 1.165) is 30.0 Å². The lowest BCUT2D eigenvalue weighted by Gasteiger charge is -2.09. The fraction of sp³-hybridized carbons (Fsp3) is 0.286. The molecule has 94 valence electrons. The van der Waals surface area contributed by atoms with E-state index >= 15 is 0 Å². The van der Waals surface area contributed by atoms with Crippen molar-refractivity contribution in [2.75, 3.05) is 5.73 Å². The fourth-order valence-corrected chi connectivity index (χ4v) is 1.66. The summed E-state index contributed by atoms with van der Waals surface area (Å²) in [5.41, 5.74) is 6.81. The van der Waals surface area contributed by atoms with Crippen LogP contribution in [-0.2, 0) is 6.42 Å². The minimum atomic E-state index is 0.442. The Morgan fingerprint density at radius 1 is 1.22 bits per heavy atom. The lowest BCUT2D eigenvalue weighted by atomic mass is 10.2. The zero-order chi connectivity index (χ0) is 13.0. The number of aromatic nitrogens is 2. The molecule has 0 aliphatic heterocycles. The molecule has 0 amide bonds. The highest BCUT2D eigenvalue weighted by Crippen LogP contribution is 2.24. The average molecular weight is 243 g/mol. The van der Waals surface area contributed by atoms with Crippen LogP contribution in [0.5, 0.6) is 11.6 Å². The van der Waals surface area contributed by atoms with Crippen molar-refractivity contribution in [1.29, 1.82) is 0 Å². The van der Waals surface area contributed by atoms with Gasteiger partial charge in [0.15, 0.2) is 0 Å². The first-order valence-corrected chi connectivity index (χ1v) is 6.06. The van der Waals surface area contributed by atoms with Crippen molar-refractivity contribution < 1.29 is 4.74 Å². The number of nitrogen functional groups attached to an aromatic ring is 1. The summed E-state index contributed by atoms with van der Waals surface area (Å²) in [5.74, 6) is 2.46. The van der Waals surface area contributed by atoms with Gasteiger partial charge in [-0.3, -0.25) is 0 Å². The average Bonchev–Trinajstić information content (AvgIpc) is 2.32. The Morgan fingerprint density at radius 3 is 2.72 bits per heavy atom. The molecule has 1 aromatic carbocycles. The molecule has 0 radical (unpaired) electrons. The van der Waals surface area contributed by atoms with E-state index in [0.29, 0.717) is 11.7 Å². The summed E-state index contributed by atoms with van der Waals surface area (Å²) in [6, 6.07) is 9.45. The number of ether oxygens (including phenoxy) is 1. The number of nitrogens with zero attached hydrogens (tertiary/aromatic N) is 2. The Hall–Kier alpha value is -2.10. The van der Waals surface area contributed by atoms with Crippen molar-refractivity contribution in [3.8, 4) is 11.6 Å². The fourth-order valence-electron chi connectivity index (χ4n) is 1.66. The number of nitrogens with two attached hydrogens (primary N) is 1. The topological polar surface area (TPSA) is 61.0 Å². The molecule has 2 aromatic rings. The number of anilines is 1. The summed E-state index contributed by atoms with van der Waals surface area (Å²) in [7, 11) is 0. The van der Waals surface area contributed by atoms with Crippen LogP contribution in [0.25, 0.3) is 0 Å².